The van der Waals surface area contributed by atoms with Crippen molar-refractivity contribution in [1.29, 1.82) is 0 Å². The molecule has 2 atom stereocenters. The highest BCUT2D eigenvalue weighted by atomic mass is 31.2. The van der Waals surface area contributed by atoms with Gasteiger partial charge in [-0.05, 0) is 5.56 Å². The molecule has 0 saturated heterocycles. The Hall–Kier alpha value is -1.89. The fraction of sp³-hybridized carbons (Fsp3) is 0.333. The van der Waals surface area contributed by atoms with E-state index in [1.54, 1.807) is 24.3 Å². The zero-order chi connectivity index (χ0) is 15.9. The third-order valence-electron chi connectivity index (χ3n) is 2.54. The Kier molecular flexibility index (Phi) is 6.36. The van der Waals surface area contributed by atoms with Crippen LogP contribution in [0.1, 0.15) is 5.56 Å². The number of benzene rings is 1. The van der Waals surface area contributed by atoms with Gasteiger partial charge in [0.05, 0.1) is 7.11 Å². The van der Waals surface area contributed by atoms with Gasteiger partial charge in [0.15, 0.2) is 0 Å². The zero-order valence-electron chi connectivity index (χ0n) is 11.6. The Morgan fingerprint density at radius 2 is 1.90 bits per heavy atom. The second-order valence-electron chi connectivity index (χ2n) is 3.96. The molecule has 0 bridgehead atoms. The van der Waals surface area contributed by atoms with Crippen molar-refractivity contribution in [2.75, 3.05) is 14.2 Å². The topological polar surface area (TPSA) is 117 Å². The van der Waals surface area contributed by atoms with Crippen LogP contribution in [-0.4, -0.2) is 32.1 Å². The lowest BCUT2D eigenvalue weighted by Crippen LogP contribution is -2.43. The van der Waals surface area contributed by atoms with E-state index in [1.807, 2.05) is 6.07 Å². The molecule has 0 saturated carbocycles. The van der Waals surface area contributed by atoms with E-state index in [0.717, 1.165) is 19.8 Å². The van der Waals surface area contributed by atoms with Gasteiger partial charge >= 0.3 is 12.1 Å². The normalized spacial score (nSPS) is 14.6. The van der Waals surface area contributed by atoms with Gasteiger partial charge in [-0.25, -0.2) is 9.59 Å². The van der Waals surface area contributed by atoms with Crippen molar-refractivity contribution < 1.29 is 28.2 Å². The maximum atomic E-state index is 11.9. The summed E-state index contributed by atoms with van der Waals surface area (Å²) in [5.74, 6) is -2.62. The first-order valence-electron chi connectivity index (χ1n) is 5.89. The molecule has 2 unspecified atom stereocenters. The minimum atomic E-state index is -3.89. The van der Waals surface area contributed by atoms with E-state index < -0.39 is 25.4 Å². The summed E-state index contributed by atoms with van der Waals surface area (Å²) in [5, 5.41) is 2.08. The monoisotopic (exact) mass is 316 g/mol. The Bertz CT molecular complexity index is 536. The van der Waals surface area contributed by atoms with Gasteiger partial charge in [0.2, 0.25) is 5.78 Å². The molecule has 0 aliphatic heterocycles. The molecule has 3 N–H and O–H groups in total. The van der Waals surface area contributed by atoms with E-state index in [4.69, 9.17) is 10.2 Å². The van der Waals surface area contributed by atoms with Crippen molar-refractivity contribution in [1.82, 2.24) is 5.32 Å². The SMILES string of the molecule is COC(=O)C(NC(=O)OCc1ccccc1)P(N)(=O)OC. The number of ether oxygens (including phenoxy) is 2. The number of hydrogen-bond acceptors (Lipinski definition) is 6. The van der Waals surface area contributed by atoms with Crippen molar-refractivity contribution in [2.24, 2.45) is 5.50 Å². The average Bonchev–Trinajstić information content (AvgIpc) is 2.50. The summed E-state index contributed by atoms with van der Waals surface area (Å²) in [6.45, 7) is -0.0115. The third kappa shape index (κ3) is 5.18. The number of nitrogens with two attached hydrogens (primary N) is 1. The Morgan fingerprint density at radius 1 is 1.29 bits per heavy atom. The maximum Gasteiger partial charge on any atom is 0.408 e. The van der Waals surface area contributed by atoms with Crippen molar-refractivity contribution >= 4 is 19.6 Å². The molecule has 9 heteroatoms. The molecular formula is C12H17N2O6P. The summed E-state index contributed by atoms with van der Waals surface area (Å²) in [7, 11) is -1.76. The number of esters is 1. The number of carbonyl (C=O) groups is 2. The van der Waals surface area contributed by atoms with Gasteiger partial charge in [-0.1, -0.05) is 30.3 Å². The van der Waals surface area contributed by atoms with Gasteiger partial charge in [0.25, 0.3) is 7.52 Å². The highest BCUT2D eigenvalue weighted by Crippen LogP contribution is 2.41. The average molecular weight is 316 g/mol. The lowest BCUT2D eigenvalue weighted by atomic mass is 10.2. The molecule has 0 heterocycles. The minimum absolute atomic E-state index is 0.0115. The van der Waals surface area contributed by atoms with Crippen LogP contribution in [0.15, 0.2) is 30.3 Å². The van der Waals surface area contributed by atoms with Crippen LogP contribution in [0.4, 0.5) is 4.79 Å². The first-order valence-corrected chi connectivity index (χ1v) is 7.66. The predicted molar refractivity (Wildman–Crippen MR) is 74.4 cm³/mol. The van der Waals surface area contributed by atoms with Gasteiger partial charge < -0.3 is 14.0 Å². The van der Waals surface area contributed by atoms with Crippen LogP contribution in [0.3, 0.4) is 0 Å². The first kappa shape index (κ1) is 17.2. The summed E-state index contributed by atoms with van der Waals surface area (Å²) in [5.41, 5.74) is 6.11. The molecule has 1 rings (SSSR count). The molecule has 1 amide bonds. The summed E-state index contributed by atoms with van der Waals surface area (Å²) in [6, 6.07) is 8.90. The summed E-state index contributed by atoms with van der Waals surface area (Å²) in [4.78, 5) is 23.1. The van der Waals surface area contributed by atoms with Gasteiger partial charge in [0, 0.05) is 7.11 Å². The molecule has 8 nitrogen and oxygen atoms in total. The number of rotatable bonds is 6. The Morgan fingerprint density at radius 3 is 2.43 bits per heavy atom. The molecule has 0 aromatic heterocycles. The summed E-state index contributed by atoms with van der Waals surface area (Å²) < 4.78 is 25.8. The van der Waals surface area contributed by atoms with Crippen LogP contribution in [0.2, 0.25) is 0 Å². The number of carbonyl (C=O) groups excluding carboxylic acids is 2. The Balaban J connectivity index is 2.64. The van der Waals surface area contributed by atoms with E-state index in [2.05, 4.69) is 14.6 Å². The van der Waals surface area contributed by atoms with Gasteiger partial charge in [0.1, 0.15) is 6.61 Å². The quantitative estimate of drug-likeness (QED) is 0.598. The van der Waals surface area contributed by atoms with Crippen molar-refractivity contribution in [2.45, 2.75) is 12.4 Å². The van der Waals surface area contributed by atoms with E-state index >= 15 is 0 Å². The number of alkyl carbamates (subject to hydrolysis) is 1. The van der Waals surface area contributed by atoms with E-state index in [9.17, 15) is 14.2 Å². The van der Waals surface area contributed by atoms with E-state index in [-0.39, 0.29) is 6.61 Å². The van der Waals surface area contributed by atoms with E-state index in [0.29, 0.717) is 0 Å². The molecular weight excluding hydrogens is 299 g/mol. The Labute approximate surface area is 122 Å². The van der Waals surface area contributed by atoms with Crippen LogP contribution >= 0.6 is 7.52 Å². The predicted octanol–water partition coefficient (Wildman–Crippen LogP) is 1.21. The second-order valence-corrected chi connectivity index (χ2v) is 6.13. The molecule has 0 radical (unpaired) electrons. The van der Waals surface area contributed by atoms with Crippen LogP contribution in [0.5, 0.6) is 0 Å². The number of amides is 1. The fourth-order valence-corrected chi connectivity index (χ4v) is 2.28. The van der Waals surface area contributed by atoms with Crippen LogP contribution in [0.25, 0.3) is 0 Å². The van der Waals surface area contributed by atoms with Crippen molar-refractivity contribution in [3.05, 3.63) is 35.9 Å². The lowest BCUT2D eigenvalue weighted by molar-refractivity contribution is -0.140. The highest BCUT2D eigenvalue weighted by molar-refractivity contribution is 7.58. The van der Waals surface area contributed by atoms with Crippen LogP contribution in [0, 0.1) is 0 Å². The van der Waals surface area contributed by atoms with Gasteiger partial charge in [-0.2, -0.15) is 0 Å². The van der Waals surface area contributed by atoms with Gasteiger partial charge in [-0.3, -0.25) is 15.4 Å². The molecule has 0 fully saturated rings. The van der Waals surface area contributed by atoms with Crippen LogP contribution in [-0.2, 0) is 30.0 Å². The number of nitrogens with one attached hydrogen (secondary N) is 1. The third-order valence-corrected chi connectivity index (χ3v) is 4.17. The van der Waals surface area contributed by atoms with Crippen LogP contribution < -0.4 is 10.8 Å². The molecule has 0 aliphatic carbocycles. The maximum absolute atomic E-state index is 11.9. The molecule has 0 aliphatic rings. The van der Waals surface area contributed by atoms with Crippen molar-refractivity contribution in [3.63, 3.8) is 0 Å². The lowest BCUT2D eigenvalue weighted by Gasteiger charge is -2.20. The standard InChI is InChI=1S/C12H17N2O6P/c1-18-11(15)10(21(13,17)19-2)14-12(16)20-8-9-6-4-3-5-7-9/h3-7,10H,8H2,1-2H3,(H2,13,17)(H,14,16). The summed E-state index contributed by atoms with van der Waals surface area (Å²) >= 11 is 0. The largest absolute Gasteiger partial charge is 0.467 e. The molecule has 116 valence electrons. The molecule has 1 aromatic rings. The van der Waals surface area contributed by atoms with E-state index in [1.165, 1.54) is 0 Å². The second kappa shape index (κ2) is 7.78. The number of methoxy groups -OCH3 is 1. The minimum Gasteiger partial charge on any atom is -0.467 e. The number of hydrogen-bond donors (Lipinski definition) is 2. The smallest absolute Gasteiger partial charge is 0.408 e. The molecule has 1 aromatic carbocycles. The first-order chi connectivity index (χ1) is 9.90. The van der Waals surface area contributed by atoms with Gasteiger partial charge in [-0.15, -0.1) is 0 Å². The summed E-state index contributed by atoms with van der Waals surface area (Å²) in [6.07, 6.45) is -0.961. The van der Waals surface area contributed by atoms with Crippen molar-refractivity contribution in [3.8, 4) is 0 Å². The highest BCUT2D eigenvalue weighted by Gasteiger charge is 2.38. The zero-order valence-corrected chi connectivity index (χ0v) is 12.5. The molecule has 0 spiro atoms. The molecule has 21 heavy (non-hydrogen) atoms. The fourth-order valence-electron chi connectivity index (χ4n) is 1.39.